The van der Waals surface area contributed by atoms with E-state index in [0.717, 1.165) is 5.56 Å². The normalized spacial score (nSPS) is 19.5. The molecule has 1 saturated carbocycles. The van der Waals surface area contributed by atoms with Gasteiger partial charge in [0.25, 0.3) is 5.91 Å². The Morgan fingerprint density at radius 3 is 2.23 bits per heavy atom. The van der Waals surface area contributed by atoms with Gasteiger partial charge in [0.1, 0.15) is 5.82 Å². The average Bonchev–Trinajstić information content (AvgIpc) is 2.63. The van der Waals surface area contributed by atoms with E-state index >= 15 is 0 Å². The van der Waals surface area contributed by atoms with E-state index in [-0.39, 0.29) is 37.6 Å². The summed E-state index contributed by atoms with van der Waals surface area (Å²) in [7, 11) is 0. The molecule has 1 heterocycles. The molecule has 1 amide bonds. The minimum absolute atomic E-state index is 0.202. The van der Waals surface area contributed by atoms with Crippen molar-refractivity contribution in [3.8, 4) is 0 Å². The molecule has 1 aliphatic carbocycles. The van der Waals surface area contributed by atoms with E-state index < -0.39 is 11.3 Å². The van der Waals surface area contributed by atoms with Gasteiger partial charge in [-0.15, -0.1) is 0 Å². The number of halogens is 2. The van der Waals surface area contributed by atoms with Gasteiger partial charge >= 0.3 is 0 Å². The van der Waals surface area contributed by atoms with Crippen molar-refractivity contribution in [2.24, 2.45) is 0 Å². The zero-order chi connectivity index (χ0) is 18.8. The summed E-state index contributed by atoms with van der Waals surface area (Å²) in [5.74, 6) is -2.23. The van der Waals surface area contributed by atoms with E-state index in [1.807, 2.05) is 13.0 Å². The average molecular weight is 359 g/mol. The smallest absolute Gasteiger partial charge is 0.251 e. The van der Waals surface area contributed by atoms with Crippen LogP contribution in [0.4, 0.5) is 8.78 Å². The zero-order valence-electron chi connectivity index (χ0n) is 15.0. The van der Waals surface area contributed by atoms with Crippen LogP contribution in [0, 0.1) is 6.92 Å². The largest absolute Gasteiger partial charge is 0.349 e. The first kappa shape index (κ1) is 18.4. The first-order valence-corrected chi connectivity index (χ1v) is 8.85. The Hall–Kier alpha value is -2.37. The van der Waals surface area contributed by atoms with Crippen LogP contribution in [0.2, 0.25) is 0 Å². The number of nitrogens with zero attached hydrogens (tertiary/aromatic N) is 2. The number of amides is 1. The third kappa shape index (κ3) is 3.74. The lowest BCUT2D eigenvalue weighted by atomic mass is 9.65. The fraction of sp³-hybridized carbons (Fsp3) is 0.450. The molecule has 1 aromatic carbocycles. The fourth-order valence-electron chi connectivity index (χ4n) is 3.69. The number of aryl methyl sites for hydroxylation is 1. The van der Waals surface area contributed by atoms with Crippen LogP contribution < -0.4 is 5.32 Å². The van der Waals surface area contributed by atoms with Crippen molar-refractivity contribution in [3.05, 3.63) is 59.7 Å². The molecular formula is C20H23F2N3O. The van der Waals surface area contributed by atoms with E-state index in [9.17, 15) is 13.6 Å². The van der Waals surface area contributed by atoms with Crippen LogP contribution in [-0.4, -0.2) is 27.8 Å². The quantitative estimate of drug-likeness (QED) is 0.896. The van der Waals surface area contributed by atoms with Gasteiger partial charge in [-0.1, -0.05) is 18.2 Å². The van der Waals surface area contributed by atoms with E-state index in [4.69, 9.17) is 0 Å². The van der Waals surface area contributed by atoms with Crippen molar-refractivity contribution >= 4 is 5.91 Å². The second-order valence-corrected chi connectivity index (χ2v) is 7.09. The molecule has 4 nitrogen and oxygen atoms in total. The van der Waals surface area contributed by atoms with Gasteiger partial charge in [0, 0.05) is 42.3 Å². The Balaban J connectivity index is 1.88. The predicted octanol–water partition coefficient (Wildman–Crippen LogP) is 4.05. The van der Waals surface area contributed by atoms with Crippen molar-refractivity contribution < 1.29 is 13.6 Å². The van der Waals surface area contributed by atoms with Gasteiger partial charge in [0.2, 0.25) is 5.92 Å². The molecule has 1 atom stereocenters. The number of nitrogens with one attached hydrogen (secondary N) is 1. The minimum atomic E-state index is -2.65. The molecule has 2 aromatic rings. The molecule has 0 spiro atoms. The molecular weight excluding hydrogens is 336 g/mol. The highest BCUT2D eigenvalue weighted by Gasteiger charge is 2.48. The van der Waals surface area contributed by atoms with Crippen LogP contribution in [0.5, 0.6) is 0 Å². The molecule has 138 valence electrons. The summed E-state index contributed by atoms with van der Waals surface area (Å²) < 4.78 is 27.6. The molecule has 0 saturated heterocycles. The first-order chi connectivity index (χ1) is 12.3. The number of carbonyl (C=O) groups is 1. The third-order valence-electron chi connectivity index (χ3n) is 5.44. The summed E-state index contributed by atoms with van der Waals surface area (Å²) in [4.78, 5) is 21.1. The van der Waals surface area contributed by atoms with Crippen LogP contribution in [0.3, 0.4) is 0 Å². The van der Waals surface area contributed by atoms with E-state index in [1.54, 1.807) is 43.6 Å². The SMILES string of the molecule is Cc1ncc(C2(C(C)NC(=O)c3ccccc3)CCC(F)(F)CC2)cn1. The van der Waals surface area contributed by atoms with E-state index in [0.29, 0.717) is 11.4 Å². The Kier molecular flexibility index (Phi) is 5.03. The lowest BCUT2D eigenvalue weighted by molar-refractivity contribution is -0.0560. The molecule has 1 unspecified atom stereocenters. The number of alkyl halides is 2. The molecule has 1 aliphatic rings. The van der Waals surface area contributed by atoms with Gasteiger partial charge in [0.05, 0.1) is 0 Å². The first-order valence-electron chi connectivity index (χ1n) is 8.85. The van der Waals surface area contributed by atoms with Crippen LogP contribution in [0.1, 0.15) is 54.4 Å². The second kappa shape index (κ2) is 7.09. The maximum atomic E-state index is 13.8. The summed E-state index contributed by atoms with van der Waals surface area (Å²) in [6, 6.07) is 8.58. The Morgan fingerprint density at radius 1 is 1.08 bits per heavy atom. The minimum Gasteiger partial charge on any atom is -0.349 e. The number of carbonyl (C=O) groups excluding carboxylic acids is 1. The topological polar surface area (TPSA) is 54.9 Å². The second-order valence-electron chi connectivity index (χ2n) is 7.09. The fourth-order valence-corrected chi connectivity index (χ4v) is 3.69. The van der Waals surface area contributed by atoms with Gasteiger partial charge in [-0.05, 0) is 44.4 Å². The number of hydrogen-bond donors (Lipinski definition) is 1. The van der Waals surface area contributed by atoms with Gasteiger partial charge in [-0.2, -0.15) is 0 Å². The van der Waals surface area contributed by atoms with E-state index in [1.165, 1.54) is 0 Å². The number of aromatic nitrogens is 2. The molecule has 3 rings (SSSR count). The number of benzene rings is 1. The zero-order valence-corrected chi connectivity index (χ0v) is 15.0. The Bertz CT molecular complexity index is 752. The number of rotatable bonds is 4. The van der Waals surface area contributed by atoms with Gasteiger partial charge in [-0.3, -0.25) is 4.79 Å². The molecule has 0 radical (unpaired) electrons. The molecule has 6 heteroatoms. The highest BCUT2D eigenvalue weighted by Crippen LogP contribution is 2.47. The van der Waals surface area contributed by atoms with Crippen molar-refractivity contribution in [1.29, 1.82) is 0 Å². The summed E-state index contributed by atoms with van der Waals surface area (Å²) in [5, 5.41) is 3.01. The van der Waals surface area contributed by atoms with Gasteiger partial charge < -0.3 is 5.32 Å². The van der Waals surface area contributed by atoms with Crippen LogP contribution in [0.15, 0.2) is 42.7 Å². The highest BCUT2D eigenvalue weighted by atomic mass is 19.3. The molecule has 1 fully saturated rings. The predicted molar refractivity (Wildman–Crippen MR) is 95.2 cm³/mol. The monoisotopic (exact) mass is 359 g/mol. The van der Waals surface area contributed by atoms with Crippen molar-refractivity contribution in [2.45, 2.75) is 56.9 Å². The maximum Gasteiger partial charge on any atom is 0.251 e. The Morgan fingerprint density at radius 2 is 1.65 bits per heavy atom. The standard InChI is InChI=1S/C20H23F2N3O/c1-14(25-18(26)16-6-4-3-5-7-16)19(8-10-20(21,22)11-9-19)17-12-23-15(2)24-13-17/h3-7,12-14H,8-11H2,1-2H3,(H,25,26). The van der Waals surface area contributed by atoms with Gasteiger partial charge in [-0.25, -0.2) is 18.7 Å². The molecule has 1 N–H and O–H groups in total. The molecule has 26 heavy (non-hydrogen) atoms. The van der Waals surface area contributed by atoms with Crippen molar-refractivity contribution in [1.82, 2.24) is 15.3 Å². The van der Waals surface area contributed by atoms with Crippen molar-refractivity contribution in [2.75, 3.05) is 0 Å². The summed E-state index contributed by atoms with van der Waals surface area (Å²) in [5.41, 5.74) is 0.759. The van der Waals surface area contributed by atoms with Crippen LogP contribution in [0.25, 0.3) is 0 Å². The maximum absolute atomic E-state index is 13.8. The Labute approximate surface area is 152 Å². The summed E-state index contributed by atoms with van der Waals surface area (Å²) in [6.45, 7) is 3.66. The van der Waals surface area contributed by atoms with Gasteiger partial charge in [0.15, 0.2) is 0 Å². The third-order valence-corrected chi connectivity index (χ3v) is 5.44. The lowest BCUT2D eigenvalue weighted by Crippen LogP contribution is -2.52. The molecule has 0 bridgehead atoms. The van der Waals surface area contributed by atoms with Crippen molar-refractivity contribution in [3.63, 3.8) is 0 Å². The summed E-state index contributed by atoms with van der Waals surface area (Å²) >= 11 is 0. The lowest BCUT2D eigenvalue weighted by Gasteiger charge is -2.44. The number of hydrogen-bond acceptors (Lipinski definition) is 3. The van der Waals surface area contributed by atoms with E-state index in [2.05, 4.69) is 15.3 Å². The molecule has 0 aliphatic heterocycles. The van der Waals surface area contributed by atoms with Crippen LogP contribution in [-0.2, 0) is 5.41 Å². The summed E-state index contributed by atoms with van der Waals surface area (Å²) in [6.07, 6.45) is 3.57. The highest BCUT2D eigenvalue weighted by molar-refractivity contribution is 5.94. The van der Waals surface area contributed by atoms with Crippen LogP contribution >= 0.6 is 0 Å². The molecule has 1 aromatic heterocycles.